The molecule has 4 heteroatoms. The number of hydrogen-bond acceptors (Lipinski definition) is 3. The topological polar surface area (TPSA) is 12.0 Å². The molecule has 0 radical (unpaired) electrons. The van der Waals surface area contributed by atoms with E-state index in [1.807, 2.05) is 41.4 Å². The van der Waals surface area contributed by atoms with Gasteiger partial charge in [0, 0.05) is 28.3 Å². The van der Waals surface area contributed by atoms with Crippen molar-refractivity contribution >= 4 is 23.1 Å². The maximum atomic E-state index is 13.9. The summed E-state index contributed by atoms with van der Waals surface area (Å²) in [5.41, 5.74) is 1.81. The maximum absolute atomic E-state index is 13.9. The van der Waals surface area contributed by atoms with Gasteiger partial charge in [-0.1, -0.05) is 12.1 Å². The predicted molar refractivity (Wildman–Crippen MR) is 89.0 cm³/mol. The van der Waals surface area contributed by atoms with Crippen LogP contribution in [0.5, 0.6) is 0 Å². The van der Waals surface area contributed by atoms with Crippen molar-refractivity contribution in [2.45, 2.75) is 25.1 Å². The van der Waals surface area contributed by atoms with Crippen LogP contribution >= 0.6 is 23.1 Å². The van der Waals surface area contributed by atoms with Gasteiger partial charge in [-0.3, -0.25) is 0 Å². The summed E-state index contributed by atoms with van der Waals surface area (Å²) in [6.07, 6.45) is 2.12. The smallest absolute Gasteiger partial charge is 0.131 e. The molecule has 0 aliphatic rings. The van der Waals surface area contributed by atoms with Crippen molar-refractivity contribution in [2.24, 2.45) is 0 Å². The zero-order valence-electron chi connectivity index (χ0n) is 12.1. The first-order chi connectivity index (χ1) is 9.52. The highest BCUT2D eigenvalue weighted by Gasteiger charge is 2.15. The minimum absolute atomic E-state index is 0.152. The molecule has 0 bridgehead atoms. The van der Waals surface area contributed by atoms with Gasteiger partial charge in [-0.25, -0.2) is 4.39 Å². The van der Waals surface area contributed by atoms with E-state index in [4.69, 9.17) is 0 Å². The highest BCUT2D eigenvalue weighted by atomic mass is 32.2. The number of nitrogens with one attached hydrogen (secondary N) is 1. The fourth-order valence-electron chi connectivity index (χ4n) is 1.88. The van der Waals surface area contributed by atoms with Crippen molar-refractivity contribution in [2.75, 3.05) is 12.8 Å². The minimum atomic E-state index is -0.152. The lowest BCUT2D eigenvalue weighted by Gasteiger charge is -2.22. The Morgan fingerprint density at radius 2 is 2.10 bits per heavy atom. The molecule has 0 fully saturated rings. The van der Waals surface area contributed by atoms with Gasteiger partial charge in [0.2, 0.25) is 0 Å². The molecule has 20 heavy (non-hydrogen) atoms. The molecule has 1 aromatic heterocycles. The average molecular weight is 309 g/mol. The Bertz CT molecular complexity index is 550. The Hall–Kier alpha value is -0.840. The number of halogens is 1. The van der Waals surface area contributed by atoms with Gasteiger partial charge in [0.25, 0.3) is 0 Å². The molecule has 1 nitrogen and oxygen atoms in total. The van der Waals surface area contributed by atoms with Crippen molar-refractivity contribution in [3.8, 4) is 10.4 Å². The van der Waals surface area contributed by atoms with E-state index in [0.29, 0.717) is 5.56 Å². The van der Waals surface area contributed by atoms with Gasteiger partial charge < -0.3 is 5.32 Å². The minimum Gasteiger partial charge on any atom is -0.311 e. The third-order valence-corrected chi connectivity index (χ3v) is 5.40. The lowest BCUT2D eigenvalue weighted by atomic mass is 10.1. The van der Waals surface area contributed by atoms with Crippen LogP contribution in [0.4, 0.5) is 4.39 Å². The molecule has 0 saturated heterocycles. The Kier molecular flexibility index (Phi) is 5.24. The van der Waals surface area contributed by atoms with Crippen LogP contribution in [0.25, 0.3) is 10.4 Å². The fraction of sp³-hybridized carbons (Fsp3) is 0.375. The lowest BCUT2D eigenvalue weighted by Crippen LogP contribution is -2.31. The first-order valence-electron chi connectivity index (χ1n) is 6.60. The quantitative estimate of drug-likeness (QED) is 0.823. The van der Waals surface area contributed by atoms with Gasteiger partial charge >= 0.3 is 0 Å². The Labute approximate surface area is 128 Å². The molecule has 1 heterocycles. The predicted octanol–water partition coefficient (Wildman–Crippen LogP) is 4.79. The van der Waals surface area contributed by atoms with Gasteiger partial charge in [-0.15, -0.1) is 11.3 Å². The van der Waals surface area contributed by atoms with Crippen molar-refractivity contribution in [3.05, 3.63) is 47.1 Å². The van der Waals surface area contributed by atoms with Crippen LogP contribution in [0.3, 0.4) is 0 Å². The monoisotopic (exact) mass is 309 g/mol. The Balaban J connectivity index is 2.05. The van der Waals surface area contributed by atoms with Crippen LogP contribution in [-0.4, -0.2) is 17.5 Å². The summed E-state index contributed by atoms with van der Waals surface area (Å²) in [6.45, 7) is 6.13. The molecule has 0 unspecified atom stereocenters. The maximum Gasteiger partial charge on any atom is 0.131 e. The number of thiophene rings is 1. The molecule has 1 aromatic carbocycles. The van der Waals surface area contributed by atoms with E-state index in [0.717, 1.165) is 23.5 Å². The van der Waals surface area contributed by atoms with E-state index >= 15 is 0 Å². The van der Waals surface area contributed by atoms with E-state index in [-0.39, 0.29) is 10.6 Å². The van der Waals surface area contributed by atoms with Crippen LogP contribution in [0.1, 0.15) is 19.4 Å². The van der Waals surface area contributed by atoms with Crippen LogP contribution in [0.2, 0.25) is 0 Å². The molecular weight excluding hydrogens is 289 g/mol. The second-order valence-corrected chi connectivity index (χ2v) is 7.82. The zero-order chi connectivity index (χ0) is 14.6. The largest absolute Gasteiger partial charge is 0.311 e. The standard InChI is InChI=1S/C16H20FNS2/c1-16(2,19-3)11-18-10-12-6-7-14(17)13(9-12)15-5-4-8-20-15/h4-9,18H,10-11H2,1-3H3. The summed E-state index contributed by atoms with van der Waals surface area (Å²) < 4.78 is 14.1. The van der Waals surface area contributed by atoms with E-state index in [2.05, 4.69) is 25.4 Å². The molecule has 108 valence electrons. The van der Waals surface area contributed by atoms with Gasteiger partial charge in [-0.2, -0.15) is 11.8 Å². The molecular formula is C16H20FNS2. The molecule has 0 atom stereocenters. The third kappa shape index (κ3) is 4.08. The highest BCUT2D eigenvalue weighted by molar-refractivity contribution is 7.99. The molecule has 0 aliphatic carbocycles. The van der Waals surface area contributed by atoms with Crippen molar-refractivity contribution in [1.82, 2.24) is 5.32 Å². The van der Waals surface area contributed by atoms with Crippen LogP contribution in [-0.2, 0) is 6.54 Å². The fourth-order valence-corrected chi connectivity index (χ4v) is 2.87. The summed E-state index contributed by atoms with van der Waals surface area (Å²) in [6, 6.07) is 9.26. The molecule has 0 saturated carbocycles. The summed E-state index contributed by atoms with van der Waals surface area (Å²) in [5.74, 6) is -0.152. The van der Waals surface area contributed by atoms with Gasteiger partial charge in [0.1, 0.15) is 5.82 Å². The zero-order valence-corrected chi connectivity index (χ0v) is 13.7. The van der Waals surface area contributed by atoms with Crippen molar-refractivity contribution in [1.29, 1.82) is 0 Å². The second-order valence-electron chi connectivity index (χ2n) is 5.36. The second kappa shape index (κ2) is 6.74. The third-order valence-electron chi connectivity index (χ3n) is 3.25. The Morgan fingerprint density at radius 1 is 1.30 bits per heavy atom. The van der Waals surface area contributed by atoms with Gasteiger partial charge in [0.05, 0.1) is 0 Å². The first kappa shape index (κ1) is 15.5. The highest BCUT2D eigenvalue weighted by Crippen LogP contribution is 2.28. The summed E-state index contributed by atoms with van der Waals surface area (Å²) in [5, 5.41) is 5.42. The number of benzene rings is 1. The SMILES string of the molecule is CSC(C)(C)CNCc1ccc(F)c(-c2cccs2)c1. The van der Waals surface area contributed by atoms with Crippen molar-refractivity contribution < 1.29 is 4.39 Å². The van der Waals surface area contributed by atoms with E-state index < -0.39 is 0 Å². The van der Waals surface area contributed by atoms with E-state index in [9.17, 15) is 4.39 Å². The normalized spacial score (nSPS) is 11.8. The van der Waals surface area contributed by atoms with E-state index in [1.54, 1.807) is 17.4 Å². The number of rotatable bonds is 6. The Morgan fingerprint density at radius 3 is 2.75 bits per heavy atom. The summed E-state index contributed by atoms with van der Waals surface area (Å²) >= 11 is 3.41. The lowest BCUT2D eigenvalue weighted by molar-refractivity contribution is 0.589. The summed E-state index contributed by atoms with van der Waals surface area (Å²) in [4.78, 5) is 0.980. The molecule has 2 rings (SSSR count). The summed E-state index contributed by atoms with van der Waals surface area (Å²) in [7, 11) is 0. The van der Waals surface area contributed by atoms with Gasteiger partial charge in [-0.05, 0) is 49.2 Å². The van der Waals surface area contributed by atoms with Gasteiger partial charge in [0.15, 0.2) is 0 Å². The van der Waals surface area contributed by atoms with Crippen LogP contribution in [0, 0.1) is 5.82 Å². The van der Waals surface area contributed by atoms with Crippen LogP contribution < -0.4 is 5.32 Å². The number of hydrogen-bond donors (Lipinski definition) is 1. The molecule has 2 aromatic rings. The molecule has 0 spiro atoms. The van der Waals surface area contributed by atoms with Crippen LogP contribution in [0.15, 0.2) is 35.7 Å². The molecule has 0 amide bonds. The van der Waals surface area contributed by atoms with Crippen molar-refractivity contribution in [3.63, 3.8) is 0 Å². The first-order valence-corrected chi connectivity index (χ1v) is 8.70. The molecule has 0 aliphatic heterocycles. The number of thioether (sulfide) groups is 1. The molecule has 1 N–H and O–H groups in total. The van der Waals surface area contributed by atoms with E-state index in [1.165, 1.54) is 0 Å². The average Bonchev–Trinajstić information content (AvgIpc) is 2.94.